The van der Waals surface area contributed by atoms with Gasteiger partial charge in [-0.05, 0) is 31.1 Å². The van der Waals surface area contributed by atoms with Gasteiger partial charge in [-0.3, -0.25) is 19.5 Å². The van der Waals surface area contributed by atoms with Crippen molar-refractivity contribution in [3.8, 4) is 0 Å². The first-order valence-corrected chi connectivity index (χ1v) is 6.98. The summed E-state index contributed by atoms with van der Waals surface area (Å²) in [5.74, 6) is -0.385. The molecular weight excluding hydrogens is 279 g/mol. The molecule has 0 aliphatic carbocycles. The molecule has 0 bridgehead atoms. The zero-order valence-electron chi connectivity index (χ0n) is 11.1. The van der Waals surface area contributed by atoms with Crippen LogP contribution >= 0.6 is 8.46 Å². The molecule has 1 aromatic rings. The maximum Gasteiger partial charge on any atom is 0.277 e. The van der Waals surface area contributed by atoms with Crippen LogP contribution in [0.15, 0.2) is 24.8 Å². The van der Waals surface area contributed by atoms with Crippen molar-refractivity contribution in [1.29, 1.82) is 0 Å². The molecule has 20 heavy (non-hydrogen) atoms. The second-order valence-electron chi connectivity index (χ2n) is 4.23. The summed E-state index contributed by atoms with van der Waals surface area (Å²) in [6.07, 6.45) is 1.05. The summed E-state index contributed by atoms with van der Waals surface area (Å²) in [6.45, 7) is 5.73. The van der Waals surface area contributed by atoms with Crippen LogP contribution in [0.4, 0.5) is 5.69 Å². The number of carbonyl (C=O) groups is 1. The third-order valence-electron chi connectivity index (χ3n) is 2.63. The number of nitro groups is 1. The smallest absolute Gasteiger partial charge is 0.277 e. The summed E-state index contributed by atoms with van der Waals surface area (Å²) in [5, 5.41) is 13.6. The summed E-state index contributed by atoms with van der Waals surface area (Å²) in [4.78, 5) is 22.3. The van der Waals surface area contributed by atoms with Gasteiger partial charge >= 0.3 is 0 Å². The molecule has 106 valence electrons. The van der Waals surface area contributed by atoms with Gasteiger partial charge < -0.3 is 5.32 Å². The van der Waals surface area contributed by atoms with E-state index in [2.05, 4.69) is 11.9 Å². The fourth-order valence-electron chi connectivity index (χ4n) is 1.63. The third kappa shape index (κ3) is 4.24. The minimum atomic E-state index is -0.531. The SMILES string of the molecule is C=C(C)c1ccc(C(=O)NCCCP=O)cc1[N+](=O)[O-]. The lowest BCUT2D eigenvalue weighted by Crippen LogP contribution is -2.24. The van der Waals surface area contributed by atoms with Crippen LogP contribution in [0.25, 0.3) is 5.57 Å². The van der Waals surface area contributed by atoms with Crippen molar-refractivity contribution in [3.05, 3.63) is 46.0 Å². The van der Waals surface area contributed by atoms with Gasteiger partial charge in [-0.15, -0.1) is 0 Å². The van der Waals surface area contributed by atoms with E-state index in [0.717, 1.165) is 0 Å². The number of amides is 1. The molecule has 0 saturated carbocycles. The standard InChI is InChI=1S/C13H15N2O4P/c1-9(2)11-5-4-10(8-12(11)15(17)18)13(16)14-6-3-7-20-19/h4-5,8H,1,3,6-7H2,2H3,(H,14,16). The molecule has 1 rings (SSSR count). The first-order chi connectivity index (χ1) is 9.47. The highest BCUT2D eigenvalue weighted by Crippen LogP contribution is 2.25. The van der Waals surface area contributed by atoms with Crippen molar-refractivity contribution < 1.29 is 14.3 Å². The number of nitrogens with zero attached hydrogens (tertiary/aromatic N) is 1. The molecule has 1 amide bonds. The zero-order chi connectivity index (χ0) is 15.1. The monoisotopic (exact) mass is 294 g/mol. The molecule has 0 aliphatic rings. The van der Waals surface area contributed by atoms with Gasteiger partial charge in [0, 0.05) is 24.3 Å². The molecule has 6 nitrogen and oxygen atoms in total. The molecule has 0 unspecified atom stereocenters. The molecule has 1 aromatic carbocycles. The van der Waals surface area contributed by atoms with Crippen molar-refractivity contribution in [2.45, 2.75) is 13.3 Å². The van der Waals surface area contributed by atoms with Gasteiger partial charge in [0.1, 0.15) is 0 Å². The zero-order valence-corrected chi connectivity index (χ0v) is 12.0. The second kappa shape index (κ2) is 7.50. The van der Waals surface area contributed by atoms with E-state index in [9.17, 15) is 19.5 Å². The lowest BCUT2D eigenvalue weighted by molar-refractivity contribution is -0.385. The first kappa shape index (κ1) is 16.0. The Hall–Kier alpha value is -2.07. The number of hydrogen-bond acceptors (Lipinski definition) is 4. The average Bonchev–Trinajstić information content (AvgIpc) is 2.42. The molecule has 0 fully saturated rings. The van der Waals surface area contributed by atoms with Crippen LogP contribution in [0.2, 0.25) is 0 Å². The van der Waals surface area contributed by atoms with Crippen LogP contribution in [-0.4, -0.2) is 23.5 Å². The summed E-state index contributed by atoms with van der Waals surface area (Å²) in [6, 6.07) is 4.29. The Balaban J connectivity index is 2.89. The molecule has 0 radical (unpaired) electrons. The fraction of sp³-hybridized carbons (Fsp3) is 0.308. The van der Waals surface area contributed by atoms with Crippen LogP contribution in [0.1, 0.15) is 29.3 Å². The Kier molecular flexibility index (Phi) is 6.00. The van der Waals surface area contributed by atoms with Crippen LogP contribution in [-0.2, 0) is 4.57 Å². The van der Waals surface area contributed by atoms with E-state index in [1.54, 1.807) is 6.92 Å². The van der Waals surface area contributed by atoms with Crippen molar-refractivity contribution in [2.75, 3.05) is 12.7 Å². The number of nitro benzene ring substituents is 1. The molecule has 7 heteroatoms. The van der Waals surface area contributed by atoms with E-state index < -0.39 is 4.92 Å². The predicted octanol–water partition coefficient (Wildman–Crippen LogP) is 3.04. The third-order valence-corrected chi connectivity index (χ3v) is 3.13. The number of nitrogens with one attached hydrogen (secondary N) is 1. The quantitative estimate of drug-likeness (QED) is 0.362. The van der Waals surface area contributed by atoms with E-state index in [1.165, 1.54) is 18.2 Å². The van der Waals surface area contributed by atoms with Crippen molar-refractivity contribution in [2.24, 2.45) is 0 Å². The number of rotatable bonds is 7. The number of hydrogen-bond donors (Lipinski definition) is 1. The lowest BCUT2D eigenvalue weighted by atomic mass is 10.0. The van der Waals surface area contributed by atoms with Crippen LogP contribution in [0.3, 0.4) is 0 Å². The Labute approximate surface area is 118 Å². The molecule has 0 saturated heterocycles. The average molecular weight is 294 g/mol. The van der Waals surface area contributed by atoms with E-state index in [4.69, 9.17) is 0 Å². The van der Waals surface area contributed by atoms with Gasteiger partial charge in [-0.1, -0.05) is 6.58 Å². The lowest BCUT2D eigenvalue weighted by Gasteiger charge is -2.06. The highest BCUT2D eigenvalue weighted by molar-refractivity contribution is 7.23. The maximum absolute atomic E-state index is 11.8. The largest absolute Gasteiger partial charge is 0.352 e. The van der Waals surface area contributed by atoms with E-state index in [1.807, 2.05) is 0 Å². The highest BCUT2D eigenvalue weighted by Gasteiger charge is 2.17. The van der Waals surface area contributed by atoms with Gasteiger partial charge in [-0.25, -0.2) is 0 Å². The van der Waals surface area contributed by atoms with E-state index in [-0.39, 0.29) is 25.6 Å². The molecule has 0 spiro atoms. The van der Waals surface area contributed by atoms with Crippen LogP contribution in [0.5, 0.6) is 0 Å². The van der Waals surface area contributed by atoms with E-state index >= 15 is 0 Å². The number of allylic oxidation sites excluding steroid dienone is 1. The van der Waals surface area contributed by atoms with Gasteiger partial charge in [0.2, 0.25) is 0 Å². The Morgan fingerprint density at radius 1 is 1.50 bits per heavy atom. The van der Waals surface area contributed by atoms with Crippen LogP contribution < -0.4 is 5.32 Å². The molecule has 0 atom stereocenters. The first-order valence-electron chi connectivity index (χ1n) is 5.99. The topological polar surface area (TPSA) is 89.3 Å². The molecule has 0 heterocycles. The Bertz CT molecular complexity index is 557. The number of benzene rings is 1. The van der Waals surface area contributed by atoms with Gasteiger partial charge in [0.15, 0.2) is 8.46 Å². The highest BCUT2D eigenvalue weighted by atomic mass is 31.1. The number of carbonyl (C=O) groups excluding carboxylic acids is 1. The van der Waals surface area contributed by atoms with Crippen LogP contribution in [0, 0.1) is 10.1 Å². The van der Waals surface area contributed by atoms with Crippen molar-refractivity contribution in [1.82, 2.24) is 5.32 Å². The summed E-state index contributed by atoms with van der Waals surface area (Å²) < 4.78 is 10.2. The fourth-order valence-corrected chi connectivity index (χ4v) is 1.92. The normalized spacial score (nSPS) is 10.2. The Morgan fingerprint density at radius 3 is 2.75 bits per heavy atom. The van der Waals surface area contributed by atoms with Gasteiger partial charge in [0.05, 0.1) is 10.5 Å². The second-order valence-corrected chi connectivity index (χ2v) is 4.94. The summed E-state index contributed by atoms with van der Waals surface area (Å²) >= 11 is 0. The van der Waals surface area contributed by atoms with E-state index in [0.29, 0.717) is 30.3 Å². The minimum Gasteiger partial charge on any atom is -0.352 e. The molecular formula is C13H15N2O4P. The molecule has 0 aliphatic heterocycles. The molecule has 1 N–H and O–H groups in total. The maximum atomic E-state index is 11.8. The summed E-state index contributed by atoms with van der Waals surface area (Å²) in [7, 11) is 0.0388. The van der Waals surface area contributed by atoms with Gasteiger partial charge in [-0.2, -0.15) is 0 Å². The Morgan fingerprint density at radius 2 is 2.20 bits per heavy atom. The summed E-state index contributed by atoms with van der Waals surface area (Å²) in [5.41, 5.74) is 1.07. The minimum absolute atomic E-state index is 0.0388. The molecule has 0 aromatic heterocycles. The van der Waals surface area contributed by atoms with Crippen molar-refractivity contribution in [3.63, 3.8) is 0 Å². The predicted molar refractivity (Wildman–Crippen MR) is 77.2 cm³/mol. The van der Waals surface area contributed by atoms with Crippen molar-refractivity contribution >= 4 is 25.6 Å². The van der Waals surface area contributed by atoms with Gasteiger partial charge in [0.25, 0.3) is 11.6 Å².